The first-order valence-corrected chi connectivity index (χ1v) is 10.4. The van der Waals surface area contributed by atoms with Crippen LogP contribution in [0, 0.1) is 11.3 Å². The Hall–Kier alpha value is -4.15. The molecule has 158 valence electrons. The number of fused-ring (bicyclic) bond motifs is 4. The summed E-state index contributed by atoms with van der Waals surface area (Å²) in [6.45, 7) is 2.90. The molecule has 2 N–H and O–H groups in total. The highest BCUT2D eigenvalue weighted by Gasteiger charge is 2.16. The van der Waals surface area contributed by atoms with Crippen LogP contribution in [-0.4, -0.2) is 21.5 Å². The lowest BCUT2D eigenvalue weighted by atomic mass is 10.1. The van der Waals surface area contributed by atoms with Gasteiger partial charge in [-0.05, 0) is 48.2 Å². The molecule has 5 rings (SSSR count). The Morgan fingerprint density at radius 1 is 1.19 bits per heavy atom. The minimum Gasteiger partial charge on any atom is -0.456 e. The average Bonchev–Trinajstić information content (AvgIpc) is 3.24. The molecule has 0 saturated carbocycles. The maximum Gasteiger partial charge on any atom is 0.241 e. The minimum absolute atomic E-state index is 0.126. The van der Waals surface area contributed by atoms with Crippen LogP contribution < -0.4 is 15.4 Å². The number of benzene rings is 3. The fourth-order valence-electron chi connectivity index (χ4n) is 3.82. The second-order valence-electron chi connectivity index (χ2n) is 7.84. The smallest absolute Gasteiger partial charge is 0.241 e. The van der Waals surface area contributed by atoms with Crippen molar-refractivity contribution in [3.63, 3.8) is 0 Å². The number of imidazole rings is 1. The van der Waals surface area contributed by atoms with E-state index in [1.54, 1.807) is 18.6 Å². The summed E-state index contributed by atoms with van der Waals surface area (Å²) in [6.07, 6.45) is 3.54. The molecule has 0 radical (unpaired) electrons. The summed E-state index contributed by atoms with van der Waals surface area (Å²) in [5.74, 6) is 0.958. The van der Waals surface area contributed by atoms with Gasteiger partial charge in [-0.2, -0.15) is 5.26 Å². The molecule has 0 aliphatic carbocycles. The summed E-state index contributed by atoms with van der Waals surface area (Å²) in [7, 11) is 0. The third-order valence-electron chi connectivity index (χ3n) is 5.64. The zero-order valence-electron chi connectivity index (χ0n) is 17.5. The highest BCUT2D eigenvalue weighted by molar-refractivity contribution is 6.04. The quantitative estimate of drug-likeness (QED) is 0.443. The molecule has 0 fully saturated rings. The summed E-state index contributed by atoms with van der Waals surface area (Å²) < 4.78 is 8.16. The van der Waals surface area contributed by atoms with Gasteiger partial charge < -0.3 is 19.9 Å². The Bertz CT molecular complexity index is 1370. The predicted molar refractivity (Wildman–Crippen MR) is 121 cm³/mol. The number of ether oxygens (including phenoxy) is 1. The van der Waals surface area contributed by atoms with Crippen molar-refractivity contribution in [1.29, 1.82) is 5.26 Å². The monoisotopic (exact) mass is 423 g/mol. The molecule has 4 aromatic rings. The van der Waals surface area contributed by atoms with E-state index in [0.29, 0.717) is 35.8 Å². The first-order valence-electron chi connectivity index (χ1n) is 10.4. The van der Waals surface area contributed by atoms with Gasteiger partial charge in [0.15, 0.2) is 0 Å². The Morgan fingerprint density at radius 2 is 2.09 bits per heavy atom. The van der Waals surface area contributed by atoms with Crippen molar-refractivity contribution in [3.05, 3.63) is 83.9 Å². The molecule has 4 bridgehead atoms. The highest BCUT2D eigenvalue weighted by Crippen LogP contribution is 2.32. The number of nitrogens with zero attached hydrogens (tertiary/aromatic N) is 3. The zero-order valence-corrected chi connectivity index (χ0v) is 17.5. The maximum atomic E-state index is 12.8. The number of rotatable bonds is 0. The minimum atomic E-state index is -0.401. The van der Waals surface area contributed by atoms with E-state index in [1.807, 2.05) is 60.0 Å². The summed E-state index contributed by atoms with van der Waals surface area (Å²) in [5, 5.41) is 17.7. The normalized spacial score (nSPS) is 16.1. The molecule has 2 heterocycles. The van der Waals surface area contributed by atoms with Crippen molar-refractivity contribution in [2.75, 3.05) is 5.32 Å². The van der Waals surface area contributed by atoms with Gasteiger partial charge in [-0.1, -0.05) is 24.3 Å². The largest absolute Gasteiger partial charge is 0.456 e. The van der Waals surface area contributed by atoms with Crippen molar-refractivity contribution in [3.8, 4) is 17.6 Å². The summed E-state index contributed by atoms with van der Waals surface area (Å²) in [5.41, 5.74) is 3.10. The first kappa shape index (κ1) is 19.8. The lowest BCUT2D eigenvalue weighted by Gasteiger charge is -2.17. The van der Waals surface area contributed by atoms with Crippen molar-refractivity contribution in [1.82, 2.24) is 14.9 Å². The second kappa shape index (κ2) is 8.17. The SMILES string of the molecule is C[C@H]1NCc2cncn2Cc2ccc(C#N)c(c2)Oc2ccc3cccc(c3c2)NC1=O. The number of hydrogen-bond donors (Lipinski definition) is 2. The van der Waals surface area contributed by atoms with Gasteiger partial charge in [-0.15, -0.1) is 0 Å². The van der Waals surface area contributed by atoms with E-state index in [2.05, 4.69) is 21.7 Å². The standard InChI is InChI=1S/C25H21N5O2/c1-16-25(31)29-23-4-2-3-18-7-8-21(10-22(18)23)32-24-9-17(5-6-19(24)11-26)14-30-15-27-12-20(30)13-28-16/h2-10,12,15-16,28H,13-14H2,1H3,(H,29,31)/t16-/m1/s1. The molecule has 1 aromatic heterocycles. The Labute approximate surface area is 185 Å². The van der Waals surface area contributed by atoms with E-state index >= 15 is 0 Å². The lowest BCUT2D eigenvalue weighted by molar-refractivity contribution is -0.117. The second-order valence-corrected chi connectivity index (χ2v) is 7.84. The van der Waals surface area contributed by atoms with Gasteiger partial charge in [-0.3, -0.25) is 4.79 Å². The average molecular weight is 423 g/mol. The topological polar surface area (TPSA) is 92.0 Å². The summed E-state index contributed by atoms with van der Waals surface area (Å²) in [6, 6.07) is 18.8. The molecular weight excluding hydrogens is 402 g/mol. The predicted octanol–water partition coefficient (Wildman–Crippen LogP) is 4.18. The number of nitrogens with one attached hydrogen (secondary N) is 2. The molecule has 1 aliphatic rings. The van der Waals surface area contributed by atoms with E-state index in [1.165, 1.54) is 0 Å². The van der Waals surface area contributed by atoms with Crippen LogP contribution in [0.3, 0.4) is 0 Å². The van der Waals surface area contributed by atoms with Gasteiger partial charge in [0.25, 0.3) is 0 Å². The van der Waals surface area contributed by atoms with Crippen LogP contribution in [0.1, 0.15) is 23.7 Å². The number of carbonyl (C=O) groups excluding carboxylic acids is 1. The van der Waals surface area contributed by atoms with Crippen molar-refractivity contribution < 1.29 is 9.53 Å². The highest BCUT2D eigenvalue weighted by atomic mass is 16.5. The Morgan fingerprint density at radius 3 is 2.97 bits per heavy atom. The fourth-order valence-corrected chi connectivity index (χ4v) is 3.82. The Balaban J connectivity index is 1.63. The number of nitriles is 1. The van der Waals surface area contributed by atoms with E-state index in [4.69, 9.17) is 4.74 Å². The first-order chi connectivity index (χ1) is 15.6. The third kappa shape index (κ3) is 3.80. The van der Waals surface area contributed by atoms with Gasteiger partial charge in [0, 0.05) is 30.4 Å². The molecule has 32 heavy (non-hydrogen) atoms. The van der Waals surface area contributed by atoms with E-state index in [0.717, 1.165) is 22.0 Å². The van der Waals surface area contributed by atoms with Crippen LogP contribution in [0.25, 0.3) is 10.8 Å². The molecule has 1 atom stereocenters. The zero-order chi connectivity index (χ0) is 22.1. The number of anilines is 1. The van der Waals surface area contributed by atoms with Crippen LogP contribution >= 0.6 is 0 Å². The fraction of sp³-hybridized carbons (Fsp3) is 0.160. The molecule has 1 amide bonds. The van der Waals surface area contributed by atoms with Gasteiger partial charge >= 0.3 is 0 Å². The molecule has 0 saturated heterocycles. The van der Waals surface area contributed by atoms with Crippen molar-refractivity contribution in [2.24, 2.45) is 0 Å². The van der Waals surface area contributed by atoms with Crippen LogP contribution in [0.4, 0.5) is 5.69 Å². The Kier molecular flexibility index (Phi) is 5.06. The molecule has 0 spiro atoms. The number of carbonyl (C=O) groups is 1. The van der Waals surface area contributed by atoms with Crippen LogP contribution in [0.15, 0.2) is 67.1 Å². The van der Waals surface area contributed by atoms with Crippen LogP contribution in [0.2, 0.25) is 0 Å². The summed E-state index contributed by atoms with van der Waals surface area (Å²) in [4.78, 5) is 17.1. The number of amides is 1. The van der Waals surface area contributed by atoms with E-state index in [9.17, 15) is 10.1 Å². The van der Waals surface area contributed by atoms with Crippen molar-refractivity contribution >= 4 is 22.4 Å². The summed E-state index contributed by atoms with van der Waals surface area (Å²) >= 11 is 0. The molecule has 7 nitrogen and oxygen atoms in total. The van der Waals surface area contributed by atoms with E-state index in [-0.39, 0.29) is 5.91 Å². The van der Waals surface area contributed by atoms with Gasteiger partial charge in [0.2, 0.25) is 5.91 Å². The van der Waals surface area contributed by atoms with Gasteiger partial charge in [0.05, 0.1) is 23.6 Å². The molecular formula is C25H21N5O2. The van der Waals surface area contributed by atoms with Crippen LogP contribution in [-0.2, 0) is 17.9 Å². The van der Waals surface area contributed by atoms with Crippen LogP contribution in [0.5, 0.6) is 11.5 Å². The molecule has 3 aromatic carbocycles. The molecule has 1 aliphatic heterocycles. The molecule has 7 heteroatoms. The van der Waals surface area contributed by atoms with E-state index < -0.39 is 6.04 Å². The van der Waals surface area contributed by atoms with Gasteiger partial charge in [0.1, 0.15) is 17.6 Å². The van der Waals surface area contributed by atoms with Crippen molar-refractivity contribution in [2.45, 2.75) is 26.1 Å². The van der Waals surface area contributed by atoms with Gasteiger partial charge in [-0.25, -0.2) is 4.98 Å². The number of hydrogen-bond acceptors (Lipinski definition) is 5. The third-order valence-corrected chi connectivity index (χ3v) is 5.64. The number of aromatic nitrogens is 2. The molecule has 0 unspecified atom stereocenters. The lowest BCUT2D eigenvalue weighted by Crippen LogP contribution is -2.38. The maximum absolute atomic E-state index is 12.8.